The summed E-state index contributed by atoms with van der Waals surface area (Å²) in [6, 6.07) is -1.08. The zero-order valence-electron chi connectivity index (χ0n) is 55.3. The summed E-state index contributed by atoms with van der Waals surface area (Å²) in [5.74, 6) is -5.49. The minimum absolute atomic E-state index is 0.106. The fourth-order valence-electron chi connectivity index (χ4n) is 14.1. The molecule has 14 atom stereocenters. The van der Waals surface area contributed by atoms with Crippen LogP contribution in [-0.4, -0.2) is 217 Å². The largest absolute Gasteiger partial charge is 0.471 e. The molecule has 8 aliphatic rings. The molecule has 478 valence electrons. The summed E-state index contributed by atoms with van der Waals surface area (Å²) < 4.78 is 176. The van der Waals surface area contributed by atoms with E-state index in [2.05, 4.69) is 72.9 Å². The monoisotopic (exact) mass is 1220 g/mol. The number of carbonyl (C=O) groups excluding carboxylic acids is 3. The van der Waals surface area contributed by atoms with Crippen molar-refractivity contribution in [3.8, 4) is 0 Å². The van der Waals surface area contributed by atoms with Gasteiger partial charge in [-0.3, -0.25) is 14.4 Å². The van der Waals surface area contributed by atoms with Gasteiger partial charge in [0.2, 0.25) is 9.41 Å². The molecular formula is C55H94F9N6O11P. The lowest BCUT2D eigenvalue weighted by molar-refractivity contribution is -0.214. The van der Waals surface area contributed by atoms with E-state index in [1.54, 1.807) is 41.5 Å². The van der Waals surface area contributed by atoms with Crippen molar-refractivity contribution in [2.24, 2.45) is 0 Å². The van der Waals surface area contributed by atoms with Crippen molar-refractivity contribution in [2.45, 2.75) is 300 Å². The maximum absolute atomic E-state index is 12.7. The van der Waals surface area contributed by atoms with Gasteiger partial charge in [-0.05, 0) is 144 Å². The number of hydrogen-bond acceptors (Lipinski definition) is 13. The Morgan fingerprint density at radius 2 is 1.07 bits per heavy atom. The maximum atomic E-state index is 12.7. The van der Waals surface area contributed by atoms with Gasteiger partial charge in [-0.15, -0.1) is 0 Å². The first kappa shape index (κ1) is 66.8. The summed E-state index contributed by atoms with van der Waals surface area (Å²) in [4.78, 5) is 40.9. The Balaban J connectivity index is 0.000000293. The van der Waals surface area contributed by atoms with E-state index >= 15 is 0 Å². The van der Waals surface area contributed by atoms with Crippen molar-refractivity contribution in [3.05, 3.63) is 11.4 Å². The number of aliphatic hydroxyl groups excluding tert-OH is 3. The van der Waals surface area contributed by atoms with Crippen LogP contribution in [0.4, 0.5) is 39.5 Å². The van der Waals surface area contributed by atoms with Gasteiger partial charge >= 0.3 is 36.3 Å². The number of nitrogens with zero attached hydrogens (tertiary/aromatic N) is 6. The van der Waals surface area contributed by atoms with E-state index in [1.807, 2.05) is 6.92 Å². The Hall–Kier alpha value is -2.70. The van der Waals surface area contributed by atoms with Crippen LogP contribution in [0.3, 0.4) is 0 Å². The van der Waals surface area contributed by atoms with Crippen molar-refractivity contribution >= 4 is 26.2 Å². The summed E-state index contributed by atoms with van der Waals surface area (Å²) in [5.41, 5.74) is -6.72. The molecule has 27 heteroatoms. The van der Waals surface area contributed by atoms with Crippen LogP contribution >= 0.6 is 8.45 Å². The molecule has 8 rings (SSSR count). The van der Waals surface area contributed by atoms with Crippen LogP contribution in [0.5, 0.6) is 0 Å². The minimum Gasteiger partial charge on any atom is -0.400 e. The van der Waals surface area contributed by atoms with Gasteiger partial charge in [-0.2, -0.15) is 39.5 Å². The van der Waals surface area contributed by atoms with Gasteiger partial charge in [0.25, 0.3) is 0 Å². The lowest BCUT2D eigenvalue weighted by Crippen LogP contribution is -2.65. The minimum atomic E-state index is -4.95. The van der Waals surface area contributed by atoms with Crippen LogP contribution in [0, 0.1) is 6.57 Å². The number of hydrogen-bond donors (Lipinski definition) is 3. The molecule has 82 heavy (non-hydrogen) atoms. The molecule has 8 bridgehead atoms. The Labute approximate surface area is 486 Å². The number of halogens is 9. The highest BCUT2D eigenvalue weighted by atomic mass is 31.2. The van der Waals surface area contributed by atoms with E-state index < -0.39 is 120 Å². The zero-order chi connectivity index (χ0) is 67.1. The highest BCUT2D eigenvalue weighted by Crippen LogP contribution is 2.64. The van der Waals surface area contributed by atoms with Crippen LogP contribution in [0.1, 0.15) is 173 Å². The van der Waals surface area contributed by atoms with Crippen molar-refractivity contribution in [3.63, 3.8) is 0 Å². The van der Waals surface area contributed by atoms with E-state index in [0.29, 0.717) is 50.9 Å². The number of rotatable bonds is 9. The van der Waals surface area contributed by atoms with Gasteiger partial charge in [0.15, 0.2) is 8.45 Å². The van der Waals surface area contributed by atoms with E-state index in [-0.39, 0.29) is 37.6 Å². The highest BCUT2D eigenvalue weighted by molar-refractivity contribution is 7.47. The summed E-state index contributed by atoms with van der Waals surface area (Å²) in [6.07, 6.45) is -14.5. The zero-order valence-corrected chi connectivity index (χ0v) is 52.2. The number of carbonyl (C=O) groups is 3. The molecule has 8 fully saturated rings. The SMILES string of the molecule is CC[C@@]12O[C@@H](C)[C@H]([C@@H]1O)N(C(=O)C(F)(F)F)C2(C)C.CC[C@]12C[C@@H]([C@H](C)O1)N(C(=O)C(F)(F)F)C2(C)C.[2H]C[C@]12C[C@@H]([C@H](C)O1)N(C(=O)C(F)(F)F)C2(C)C.[2H]C[C@]12C[C@@H]([C@H](C)O1)N(P(OCC[N+]#[C-])N(C(C)C)C(C)C)C2(C)C.[3H]OC.[3H]OC. The lowest BCUT2D eigenvalue weighted by atomic mass is 9.80. The van der Waals surface area contributed by atoms with Gasteiger partial charge in [0, 0.05) is 47.9 Å². The third kappa shape index (κ3) is 12.3. The van der Waals surface area contributed by atoms with Gasteiger partial charge in [0.1, 0.15) is 18.3 Å². The van der Waals surface area contributed by atoms with Crippen LogP contribution in [-0.2, 0) is 37.9 Å². The predicted octanol–water partition coefficient (Wildman–Crippen LogP) is 9.58. The molecule has 0 spiro atoms. The van der Waals surface area contributed by atoms with Crippen molar-refractivity contribution in [1.82, 2.24) is 24.0 Å². The Bertz CT molecular complexity index is 2280. The van der Waals surface area contributed by atoms with Gasteiger partial charge in [-0.1, -0.05) is 13.8 Å². The smallest absolute Gasteiger partial charge is 0.400 e. The third-order valence-electron chi connectivity index (χ3n) is 18.5. The third-order valence-corrected chi connectivity index (χ3v) is 21.4. The lowest BCUT2D eigenvalue weighted by Gasteiger charge is -2.53. The first-order valence-corrected chi connectivity index (χ1v) is 28.8. The molecule has 3 N–H and O–H groups in total. The molecule has 0 aliphatic carbocycles. The van der Waals surface area contributed by atoms with Crippen molar-refractivity contribution < 1.29 is 95.4 Å². The number of morpholine rings is 4. The summed E-state index contributed by atoms with van der Waals surface area (Å²) >= 11 is 0. The molecule has 0 aromatic carbocycles. The Morgan fingerprint density at radius 1 is 0.671 bits per heavy atom. The number of fused-ring (bicyclic) bond motifs is 8. The molecule has 8 heterocycles. The first-order chi connectivity index (χ1) is 39.1. The van der Waals surface area contributed by atoms with E-state index in [0.717, 1.165) is 21.1 Å². The molecule has 0 radical (unpaired) electrons. The van der Waals surface area contributed by atoms with Gasteiger partial charge < -0.3 is 58.3 Å². The number of aliphatic hydroxyl groups is 3. The number of likely N-dealkylation sites (tertiary alicyclic amines) is 3. The number of amides is 3. The standard InChI is InChI=1S/C18H34N3O2P.C12H18F3NO3.C12H18F3NO2.C11H16F3NO2.2CH4O/c1-13(2)20(14(3)4)24(22-11-10-19-9)21-16-12-18(8,17(21,6)7)23-15(16)5;1-5-11-8(17)7(6(2)19-11)16(10(11,3)4)9(18)12(13,14)15;1-5-11-6-8(7(2)18-11)16(10(11,3)4)9(17)12(13,14)15;1-6-7-5-10(4,17-6)9(2,3)15(7)8(16)11(12,13)14;2*1-2/h13-16H,10-12H2,1-8H3;6-8,17H,5H2,1-4H3;7-8H,5-6H2,1-4H3;6-7H,5H2,1-4H3;2*2H,1H3/t15-,16-,18+,24?;6-,7+,8-,11+;7-,8-,11+;6-,7-,10+;;/m0000../s1/i8D;;;4D;2*2T. The summed E-state index contributed by atoms with van der Waals surface area (Å²) in [7, 11) is 1.56. The van der Waals surface area contributed by atoms with Gasteiger partial charge in [-0.25, -0.2) is 15.9 Å². The van der Waals surface area contributed by atoms with E-state index in [9.17, 15) is 59.0 Å². The fourth-order valence-corrected chi connectivity index (χ4v) is 16.7. The normalized spacial score (nSPS) is 36.7. The summed E-state index contributed by atoms with van der Waals surface area (Å²) in [5, 5.41) is 17.3. The predicted molar refractivity (Wildman–Crippen MR) is 290 cm³/mol. The van der Waals surface area contributed by atoms with E-state index in [1.165, 1.54) is 41.9 Å². The second-order valence-corrected chi connectivity index (χ2v) is 26.4. The average molecular weight is 1220 g/mol. The number of alkyl halides is 9. The molecular weight excluding hydrogens is 1120 g/mol. The molecule has 17 nitrogen and oxygen atoms in total. The van der Waals surface area contributed by atoms with Crippen LogP contribution < -0.4 is 0 Å². The molecule has 0 aromatic rings. The van der Waals surface area contributed by atoms with Crippen molar-refractivity contribution in [1.29, 1.82) is 2.86 Å². The van der Waals surface area contributed by atoms with E-state index in [4.69, 9.17) is 35.6 Å². The van der Waals surface area contributed by atoms with Crippen molar-refractivity contribution in [2.75, 3.05) is 27.4 Å². The Morgan fingerprint density at radius 3 is 1.44 bits per heavy atom. The quantitative estimate of drug-likeness (QED) is 0.0861. The maximum Gasteiger partial charge on any atom is 0.471 e. The van der Waals surface area contributed by atoms with Crippen LogP contribution in [0.25, 0.3) is 4.85 Å². The van der Waals surface area contributed by atoms with Crippen LogP contribution in [0.15, 0.2) is 0 Å². The molecule has 0 saturated carbocycles. The second-order valence-electron chi connectivity index (χ2n) is 24.8. The molecule has 3 amide bonds. The molecule has 1 unspecified atom stereocenters. The fraction of sp³-hybridized carbons (Fsp3) is 0.927. The Kier molecular flexibility index (Phi) is 20.5. The first-order valence-electron chi connectivity index (χ1n) is 29.8. The molecule has 8 aliphatic heterocycles. The van der Waals surface area contributed by atoms with Gasteiger partial charge in [0.05, 0.1) is 81.5 Å². The average Bonchev–Trinajstić information content (AvgIpc) is 1.56. The number of ether oxygens (including phenoxy) is 4. The second kappa shape index (κ2) is 25.2. The topological polar surface area (TPSA) is 179 Å². The molecule has 0 aromatic heterocycles. The highest BCUT2D eigenvalue weighted by Gasteiger charge is 2.74. The summed E-state index contributed by atoms with van der Waals surface area (Å²) in [6.45, 7) is 41.3. The molecule has 8 saturated heterocycles. The van der Waals surface area contributed by atoms with Crippen LogP contribution in [0.2, 0.25) is 0 Å².